The summed E-state index contributed by atoms with van der Waals surface area (Å²) in [5.41, 5.74) is 1.29. The highest BCUT2D eigenvalue weighted by Crippen LogP contribution is 2.23. The van der Waals surface area contributed by atoms with Crippen LogP contribution in [0.15, 0.2) is 0 Å². The van der Waals surface area contributed by atoms with E-state index in [4.69, 9.17) is 4.74 Å². The van der Waals surface area contributed by atoms with Crippen molar-refractivity contribution >= 4 is 22.1 Å². The van der Waals surface area contributed by atoms with Crippen molar-refractivity contribution in [1.82, 2.24) is 9.79 Å². The van der Waals surface area contributed by atoms with Crippen LogP contribution in [0.3, 0.4) is 0 Å². The molecule has 9 heteroatoms. The van der Waals surface area contributed by atoms with Crippen molar-refractivity contribution in [2.75, 3.05) is 19.3 Å². The van der Waals surface area contributed by atoms with Crippen molar-refractivity contribution in [3.63, 3.8) is 0 Å². The number of piperidine rings is 1. The molecule has 1 fully saturated rings. The van der Waals surface area contributed by atoms with E-state index in [1.807, 2.05) is 5.48 Å². The largest absolute Gasteiger partial charge is 0.442 e. The smallest absolute Gasteiger partial charge is 0.441 e. The number of nitrogens with zero attached hydrogens (tertiary/aromatic N) is 1. The molecule has 1 rings (SSSR count). The first-order valence-corrected chi connectivity index (χ1v) is 9.46. The molecule has 23 heavy (non-hydrogen) atoms. The molecule has 1 N–H and O–H groups in total. The van der Waals surface area contributed by atoms with Crippen LogP contribution in [0.2, 0.25) is 0 Å². The fraction of sp³-hybridized carbons (Fsp3) is 0.857. The summed E-state index contributed by atoms with van der Waals surface area (Å²) in [7, 11) is -3.13. The van der Waals surface area contributed by atoms with Gasteiger partial charge in [-0.2, -0.15) is 0 Å². The lowest BCUT2D eigenvalue weighted by atomic mass is 9.93. The number of nitrogens with one attached hydrogen (secondary N) is 1. The summed E-state index contributed by atoms with van der Waals surface area (Å²) < 4.78 is 29.2. The molecule has 1 aliphatic heterocycles. The van der Waals surface area contributed by atoms with Crippen molar-refractivity contribution in [1.29, 1.82) is 0 Å². The molecule has 0 bridgehead atoms. The Labute approximate surface area is 137 Å². The van der Waals surface area contributed by atoms with Gasteiger partial charge in [0.25, 0.3) is 0 Å². The Morgan fingerprint density at radius 3 is 2.26 bits per heavy atom. The van der Waals surface area contributed by atoms with Crippen molar-refractivity contribution < 1.29 is 27.6 Å². The third-order valence-electron chi connectivity index (χ3n) is 3.45. The predicted molar refractivity (Wildman–Crippen MR) is 83.8 cm³/mol. The van der Waals surface area contributed by atoms with E-state index >= 15 is 0 Å². The van der Waals surface area contributed by atoms with Gasteiger partial charge in [0, 0.05) is 19.5 Å². The molecule has 1 heterocycles. The zero-order valence-corrected chi connectivity index (χ0v) is 14.9. The van der Waals surface area contributed by atoms with Gasteiger partial charge in [0.1, 0.15) is 5.60 Å². The van der Waals surface area contributed by atoms with Gasteiger partial charge >= 0.3 is 12.1 Å². The van der Waals surface area contributed by atoms with Crippen LogP contribution in [-0.4, -0.2) is 49.7 Å². The van der Waals surface area contributed by atoms with Crippen LogP contribution >= 0.6 is 0 Å². The summed E-state index contributed by atoms with van der Waals surface area (Å²) in [5, 5.41) is 0. The summed E-state index contributed by atoms with van der Waals surface area (Å²) in [6.45, 7) is 6.08. The highest BCUT2D eigenvalue weighted by Gasteiger charge is 2.25. The molecular weight excluding hydrogens is 324 g/mol. The highest BCUT2D eigenvalue weighted by molar-refractivity contribution is 7.88. The second-order valence-corrected chi connectivity index (χ2v) is 8.70. The number of ether oxygens (including phenoxy) is 1. The molecule has 1 saturated heterocycles. The van der Waals surface area contributed by atoms with Gasteiger partial charge in [0.15, 0.2) is 0 Å². The second kappa shape index (κ2) is 7.96. The summed E-state index contributed by atoms with van der Waals surface area (Å²) in [4.78, 5) is 27.6. The fourth-order valence-corrected chi connectivity index (χ4v) is 3.17. The topological polar surface area (TPSA) is 102 Å². The molecule has 0 aromatic carbocycles. The molecule has 0 spiro atoms. The maximum absolute atomic E-state index is 11.6. The summed E-state index contributed by atoms with van der Waals surface area (Å²) in [6.07, 6.45) is 2.60. The van der Waals surface area contributed by atoms with E-state index in [0.717, 1.165) is 12.8 Å². The second-order valence-electron chi connectivity index (χ2n) is 6.72. The van der Waals surface area contributed by atoms with E-state index in [1.54, 1.807) is 20.8 Å². The van der Waals surface area contributed by atoms with E-state index in [9.17, 15) is 18.0 Å². The molecule has 0 radical (unpaired) electrons. The monoisotopic (exact) mass is 350 g/mol. The number of rotatable bonds is 4. The van der Waals surface area contributed by atoms with Crippen LogP contribution in [0.1, 0.15) is 46.5 Å². The normalized spacial score (nSPS) is 17.6. The lowest BCUT2D eigenvalue weighted by Crippen LogP contribution is -2.38. The average Bonchev–Trinajstić information content (AvgIpc) is 2.40. The van der Waals surface area contributed by atoms with Crippen LogP contribution in [-0.2, 0) is 24.4 Å². The molecule has 8 nitrogen and oxygen atoms in total. The zero-order valence-electron chi connectivity index (χ0n) is 14.1. The molecular formula is C14H26N2O6S. The number of sulfonamides is 1. The van der Waals surface area contributed by atoms with Crippen LogP contribution in [0.25, 0.3) is 0 Å². The van der Waals surface area contributed by atoms with Gasteiger partial charge < -0.3 is 9.57 Å². The Hall–Kier alpha value is -1.35. The van der Waals surface area contributed by atoms with Crippen LogP contribution in [0, 0.1) is 5.92 Å². The van der Waals surface area contributed by atoms with Gasteiger partial charge in [-0.1, -0.05) is 0 Å². The maximum Gasteiger partial charge on any atom is 0.441 e. The molecule has 0 unspecified atom stereocenters. The quantitative estimate of drug-likeness (QED) is 0.769. The molecule has 0 aromatic heterocycles. The number of carbonyl (C=O) groups excluding carboxylic acids is 2. The molecule has 0 aromatic rings. The van der Waals surface area contributed by atoms with Crippen molar-refractivity contribution in [3.8, 4) is 0 Å². The van der Waals surface area contributed by atoms with Crippen LogP contribution in [0.4, 0.5) is 4.79 Å². The average molecular weight is 350 g/mol. The lowest BCUT2D eigenvalue weighted by molar-refractivity contribution is -0.151. The first-order chi connectivity index (χ1) is 10.5. The minimum Gasteiger partial charge on any atom is -0.442 e. The molecule has 0 saturated carbocycles. The summed E-state index contributed by atoms with van der Waals surface area (Å²) in [5.74, 6) is -0.261. The Bertz CT molecular complexity index is 518. The van der Waals surface area contributed by atoms with E-state index in [2.05, 4.69) is 4.84 Å². The molecule has 0 aliphatic carbocycles. The van der Waals surface area contributed by atoms with Gasteiger partial charge in [-0.05, 0) is 46.0 Å². The number of carbonyl (C=O) groups is 2. The number of hydrogen-bond acceptors (Lipinski definition) is 6. The van der Waals surface area contributed by atoms with Gasteiger partial charge in [-0.15, -0.1) is 5.48 Å². The van der Waals surface area contributed by atoms with E-state index in [0.29, 0.717) is 19.5 Å². The van der Waals surface area contributed by atoms with Crippen LogP contribution in [0.5, 0.6) is 0 Å². The standard InChI is InChI=1S/C14H26N2O6S/c1-14(2,3)21-13(18)15-22-12(17)6-5-11-7-9-16(10-8-11)23(4,19)20/h11H,5-10H2,1-4H3,(H,15,18). The van der Waals surface area contributed by atoms with E-state index < -0.39 is 27.7 Å². The fourth-order valence-electron chi connectivity index (χ4n) is 2.30. The zero-order chi connectivity index (χ0) is 17.7. The van der Waals surface area contributed by atoms with Crippen molar-refractivity contribution in [2.45, 2.75) is 52.1 Å². The Kier molecular flexibility index (Phi) is 6.82. The lowest BCUT2D eigenvalue weighted by Gasteiger charge is -2.29. The number of hydrogen-bond donors (Lipinski definition) is 1. The molecule has 0 atom stereocenters. The van der Waals surface area contributed by atoms with Crippen molar-refractivity contribution in [2.24, 2.45) is 5.92 Å². The third-order valence-corrected chi connectivity index (χ3v) is 4.75. The van der Waals surface area contributed by atoms with Gasteiger partial charge in [0.2, 0.25) is 10.0 Å². The molecule has 1 amide bonds. The third kappa shape index (κ3) is 8.17. The van der Waals surface area contributed by atoms with E-state index in [1.165, 1.54) is 10.6 Å². The van der Waals surface area contributed by atoms with Crippen LogP contribution < -0.4 is 5.48 Å². The predicted octanol–water partition coefficient (Wildman–Crippen LogP) is 1.42. The van der Waals surface area contributed by atoms with Gasteiger partial charge in [0.05, 0.1) is 6.26 Å². The Balaban J connectivity index is 2.21. The maximum atomic E-state index is 11.6. The SMILES string of the molecule is CC(C)(C)OC(=O)NOC(=O)CCC1CCN(S(C)(=O)=O)CC1. The Morgan fingerprint density at radius 1 is 1.22 bits per heavy atom. The molecule has 134 valence electrons. The van der Waals surface area contributed by atoms with E-state index in [-0.39, 0.29) is 12.3 Å². The summed E-state index contributed by atoms with van der Waals surface area (Å²) >= 11 is 0. The first-order valence-electron chi connectivity index (χ1n) is 7.61. The minimum absolute atomic E-state index is 0.166. The number of amides is 1. The number of hydroxylamine groups is 1. The highest BCUT2D eigenvalue weighted by atomic mass is 32.2. The Morgan fingerprint density at radius 2 is 1.78 bits per heavy atom. The van der Waals surface area contributed by atoms with Gasteiger partial charge in [-0.3, -0.25) is 0 Å². The minimum atomic E-state index is -3.13. The first kappa shape index (κ1) is 19.7. The van der Waals surface area contributed by atoms with Gasteiger partial charge in [-0.25, -0.2) is 22.3 Å². The molecule has 1 aliphatic rings. The van der Waals surface area contributed by atoms with Crippen molar-refractivity contribution in [3.05, 3.63) is 0 Å². The summed E-state index contributed by atoms with van der Waals surface area (Å²) in [6, 6.07) is 0.